The van der Waals surface area contributed by atoms with Crippen LogP contribution in [0.15, 0.2) is 18.2 Å². The van der Waals surface area contributed by atoms with Crippen molar-refractivity contribution in [2.75, 3.05) is 19.8 Å². The lowest BCUT2D eigenvalue weighted by molar-refractivity contribution is 0.154. The Labute approximate surface area is 121 Å². The topological polar surface area (TPSA) is 50.7 Å². The van der Waals surface area contributed by atoms with E-state index in [4.69, 9.17) is 9.47 Å². The summed E-state index contributed by atoms with van der Waals surface area (Å²) >= 11 is 0. The monoisotopic (exact) mass is 279 g/mol. The Bertz CT molecular complexity index is 445. The third kappa shape index (κ3) is 3.87. The summed E-state index contributed by atoms with van der Waals surface area (Å²) in [6.07, 6.45) is 1.67. The second kappa shape index (κ2) is 6.46. The van der Waals surface area contributed by atoms with Crippen molar-refractivity contribution >= 4 is 0 Å². The molecule has 0 aliphatic carbocycles. The second-order valence-electron chi connectivity index (χ2n) is 5.93. The van der Waals surface area contributed by atoms with Crippen LogP contribution < -0.4 is 14.8 Å². The molecule has 112 valence electrons. The summed E-state index contributed by atoms with van der Waals surface area (Å²) in [7, 11) is 0. The van der Waals surface area contributed by atoms with Crippen molar-refractivity contribution < 1.29 is 14.6 Å². The van der Waals surface area contributed by atoms with Gasteiger partial charge in [-0.05, 0) is 38.0 Å². The number of hydrogen-bond donors (Lipinski definition) is 2. The fourth-order valence-corrected chi connectivity index (χ4v) is 2.47. The zero-order valence-electron chi connectivity index (χ0n) is 12.6. The first kappa shape index (κ1) is 15.1. The van der Waals surface area contributed by atoms with Gasteiger partial charge >= 0.3 is 0 Å². The van der Waals surface area contributed by atoms with Crippen LogP contribution in [0.4, 0.5) is 0 Å². The van der Waals surface area contributed by atoms with Crippen LogP contribution >= 0.6 is 0 Å². The van der Waals surface area contributed by atoms with Crippen molar-refractivity contribution in [3.8, 4) is 11.5 Å². The van der Waals surface area contributed by atoms with Crippen molar-refractivity contribution in [1.29, 1.82) is 0 Å². The molecule has 1 atom stereocenters. The molecule has 1 aromatic carbocycles. The average molecular weight is 279 g/mol. The average Bonchev–Trinajstić information content (AvgIpc) is 2.44. The number of nitrogens with one attached hydrogen (secondary N) is 1. The highest BCUT2D eigenvalue weighted by Crippen LogP contribution is 2.32. The number of hydrogen-bond acceptors (Lipinski definition) is 4. The van der Waals surface area contributed by atoms with Gasteiger partial charge in [0.05, 0.1) is 6.10 Å². The van der Waals surface area contributed by atoms with Crippen LogP contribution in [-0.4, -0.2) is 30.4 Å². The van der Waals surface area contributed by atoms with Crippen LogP contribution in [0.25, 0.3) is 0 Å². The normalized spacial score (nSPS) is 16.0. The lowest BCUT2D eigenvalue weighted by Crippen LogP contribution is -2.41. The standard InChI is InChI=1S/C16H25NO3/c1-4-7-16(2,3)17-11-13(18)12-5-6-14-15(10-12)20-9-8-19-14/h5-6,10,13,17-18H,4,7-9,11H2,1-3H3. The molecule has 1 heterocycles. The molecule has 0 saturated carbocycles. The van der Waals surface area contributed by atoms with Crippen LogP contribution in [0, 0.1) is 0 Å². The van der Waals surface area contributed by atoms with Gasteiger partial charge in [0, 0.05) is 12.1 Å². The van der Waals surface area contributed by atoms with E-state index in [1.807, 2.05) is 18.2 Å². The van der Waals surface area contributed by atoms with E-state index in [9.17, 15) is 5.11 Å². The van der Waals surface area contributed by atoms with Gasteiger partial charge in [-0.2, -0.15) is 0 Å². The number of aliphatic hydroxyl groups excluding tert-OH is 1. The van der Waals surface area contributed by atoms with Gasteiger partial charge in [-0.3, -0.25) is 0 Å². The van der Waals surface area contributed by atoms with Gasteiger partial charge in [0.15, 0.2) is 11.5 Å². The molecule has 1 aromatic rings. The van der Waals surface area contributed by atoms with E-state index in [1.54, 1.807) is 0 Å². The molecule has 20 heavy (non-hydrogen) atoms. The van der Waals surface area contributed by atoms with Gasteiger partial charge in [-0.15, -0.1) is 0 Å². The fraction of sp³-hybridized carbons (Fsp3) is 0.625. The van der Waals surface area contributed by atoms with E-state index in [0.717, 1.165) is 29.9 Å². The second-order valence-corrected chi connectivity index (χ2v) is 5.93. The predicted molar refractivity (Wildman–Crippen MR) is 79.4 cm³/mol. The predicted octanol–water partition coefficient (Wildman–Crippen LogP) is 2.66. The minimum Gasteiger partial charge on any atom is -0.486 e. The summed E-state index contributed by atoms with van der Waals surface area (Å²) in [4.78, 5) is 0. The maximum Gasteiger partial charge on any atom is 0.161 e. The number of β-amino-alcohol motifs (C(OH)–C–C–N with tert-alkyl or cyclic N) is 1. The number of benzene rings is 1. The lowest BCUT2D eigenvalue weighted by atomic mass is 9.98. The largest absolute Gasteiger partial charge is 0.486 e. The van der Waals surface area contributed by atoms with E-state index in [-0.39, 0.29) is 5.54 Å². The molecule has 0 radical (unpaired) electrons. The highest BCUT2D eigenvalue weighted by Gasteiger charge is 2.19. The van der Waals surface area contributed by atoms with E-state index >= 15 is 0 Å². The van der Waals surface area contributed by atoms with Crippen LogP contribution in [0.3, 0.4) is 0 Å². The SMILES string of the molecule is CCCC(C)(C)NCC(O)c1ccc2c(c1)OCCO2. The molecule has 1 unspecified atom stereocenters. The summed E-state index contributed by atoms with van der Waals surface area (Å²) < 4.78 is 11.0. The quantitative estimate of drug-likeness (QED) is 0.840. The first-order valence-electron chi connectivity index (χ1n) is 7.34. The van der Waals surface area contributed by atoms with Gasteiger partial charge in [-0.25, -0.2) is 0 Å². The molecule has 1 aliphatic heterocycles. The van der Waals surface area contributed by atoms with E-state index in [1.165, 1.54) is 0 Å². The summed E-state index contributed by atoms with van der Waals surface area (Å²) in [5.74, 6) is 1.48. The van der Waals surface area contributed by atoms with Crippen LogP contribution in [0.1, 0.15) is 45.3 Å². The van der Waals surface area contributed by atoms with Crippen LogP contribution in [0.2, 0.25) is 0 Å². The van der Waals surface area contributed by atoms with Gasteiger partial charge in [0.25, 0.3) is 0 Å². The van der Waals surface area contributed by atoms with Gasteiger partial charge in [0.1, 0.15) is 13.2 Å². The summed E-state index contributed by atoms with van der Waals surface area (Å²) in [6, 6.07) is 5.63. The maximum absolute atomic E-state index is 10.3. The zero-order chi connectivity index (χ0) is 14.6. The Morgan fingerprint density at radius 3 is 2.65 bits per heavy atom. The fourth-order valence-electron chi connectivity index (χ4n) is 2.47. The molecule has 2 rings (SSSR count). The zero-order valence-corrected chi connectivity index (χ0v) is 12.6. The Kier molecular flexibility index (Phi) is 4.89. The molecule has 0 amide bonds. The molecule has 0 fully saturated rings. The minimum atomic E-state index is -0.540. The highest BCUT2D eigenvalue weighted by molar-refractivity contribution is 5.44. The number of aliphatic hydroxyl groups is 1. The summed E-state index contributed by atoms with van der Waals surface area (Å²) in [5.41, 5.74) is 0.901. The Balaban J connectivity index is 1.97. The number of ether oxygens (including phenoxy) is 2. The van der Waals surface area contributed by atoms with Gasteiger partial charge < -0.3 is 19.9 Å². The Hall–Kier alpha value is -1.26. The van der Waals surface area contributed by atoms with Gasteiger partial charge in [-0.1, -0.05) is 19.4 Å². The van der Waals surface area contributed by atoms with E-state index in [2.05, 4.69) is 26.1 Å². The first-order valence-corrected chi connectivity index (χ1v) is 7.34. The lowest BCUT2D eigenvalue weighted by Gasteiger charge is -2.28. The molecule has 1 aliphatic rings. The third-order valence-corrected chi connectivity index (χ3v) is 3.60. The molecule has 0 saturated heterocycles. The molecule has 4 nitrogen and oxygen atoms in total. The Morgan fingerprint density at radius 2 is 1.95 bits per heavy atom. The van der Waals surface area contributed by atoms with Crippen LogP contribution in [-0.2, 0) is 0 Å². The molecule has 0 aromatic heterocycles. The first-order chi connectivity index (χ1) is 9.52. The van der Waals surface area contributed by atoms with E-state index in [0.29, 0.717) is 19.8 Å². The van der Waals surface area contributed by atoms with Crippen molar-refractivity contribution in [3.63, 3.8) is 0 Å². The Morgan fingerprint density at radius 1 is 1.25 bits per heavy atom. The molecule has 2 N–H and O–H groups in total. The van der Waals surface area contributed by atoms with E-state index < -0.39 is 6.10 Å². The molecule has 0 bridgehead atoms. The van der Waals surface area contributed by atoms with Crippen LogP contribution in [0.5, 0.6) is 11.5 Å². The smallest absolute Gasteiger partial charge is 0.161 e. The number of rotatable bonds is 6. The van der Waals surface area contributed by atoms with Crippen molar-refractivity contribution in [2.24, 2.45) is 0 Å². The molecular weight excluding hydrogens is 254 g/mol. The number of fused-ring (bicyclic) bond motifs is 1. The summed E-state index contributed by atoms with van der Waals surface area (Å²) in [5, 5.41) is 13.7. The third-order valence-electron chi connectivity index (χ3n) is 3.60. The molecule has 0 spiro atoms. The summed E-state index contributed by atoms with van der Waals surface area (Å²) in [6.45, 7) is 8.17. The van der Waals surface area contributed by atoms with Gasteiger partial charge in [0.2, 0.25) is 0 Å². The van der Waals surface area contributed by atoms with Crippen molar-refractivity contribution in [2.45, 2.75) is 45.3 Å². The maximum atomic E-state index is 10.3. The minimum absolute atomic E-state index is 0.0452. The molecule has 4 heteroatoms. The van der Waals surface area contributed by atoms with Crippen molar-refractivity contribution in [3.05, 3.63) is 23.8 Å². The molecular formula is C16H25NO3. The highest BCUT2D eigenvalue weighted by atomic mass is 16.6. The van der Waals surface area contributed by atoms with Crippen molar-refractivity contribution in [1.82, 2.24) is 5.32 Å².